The van der Waals surface area contributed by atoms with E-state index in [1.54, 1.807) is 42.1 Å². The number of halogens is 3. The van der Waals surface area contributed by atoms with Gasteiger partial charge in [0.2, 0.25) is 0 Å². The number of hydrogen-bond donors (Lipinski definition) is 1. The summed E-state index contributed by atoms with van der Waals surface area (Å²) in [4.78, 5) is 11.1. The normalized spacial score (nSPS) is 12.3. The van der Waals surface area contributed by atoms with E-state index in [1.165, 1.54) is 19.1 Å². The Balaban J connectivity index is 1.54. The summed E-state index contributed by atoms with van der Waals surface area (Å²) in [6, 6.07) is 19.3. The van der Waals surface area contributed by atoms with Crippen LogP contribution in [0.15, 0.2) is 91.3 Å². The first-order valence-corrected chi connectivity index (χ1v) is 12.7. The smallest absolute Gasteiger partial charge is 0.416 e. The Hall–Kier alpha value is -4.97. The van der Waals surface area contributed by atoms with E-state index in [-0.39, 0.29) is 6.61 Å². The van der Waals surface area contributed by atoms with Crippen molar-refractivity contribution in [2.45, 2.75) is 32.7 Å². The maximum Gasteiger partial charge on any atom is 0.416 e. The number of aliphatic carboxylic acids is 1. The Morgan fingerprint density at radius 2 is 1.76 bits per heavy atom. The Labute approximate surface area is 235 Å². The molecule has 1 atom stereocenters. The molecule has 0 aliphatic carbocycles. The molecule has 1 N–H and O–H groups in total. The zero-order valence-corrected chi connectivity index (χ0v) is 22.4. The zero-order valence-electron chi connectivity index (χ0n) is 22.4. The SMILES string of the molecule is Cc1cc(OC/C=C(\c2ccc(C#CCn3cccn3)cc2)c2ccc(C(F)(F)F)cc2)ccc1OC(C)C(=O)O. The van der Waals surface area contributed by atoms with Crippen LogP contribution >= 0.6 is 0 Å². The summed E-state index contributed by atoms with van der Waals surface area (Å²) in [7, 11) is 0. The summed E-state index contributed by atoms with van der Waals surface area (Å²) in [5.74, 6) is 6.03. The van der Waals surface area contributed by atoms with Gasteiger partial charge in [0, 0.05) is 18.0 Å². The van der Waals surface area contributed by atoms with Crippen LogP contribution in [0.3, 0.4) is 0 Å². The minimum absolute atomic E-state index is 0.132. The average molecular weight is 561 g/mol. The van der Waals surface area contributed by atoms with Crippen molar-refractivity contribution in [1.29, 1.82) is 0 Å². The molecule has 1 aromatic heterocycles. The van der Waals surface area contributed by atoms with Gasteiger partial charge in [-0.3, -0.25) is 4.68 Å². The molecule has 1 unspecified atom stereocenters. The molecule has 0 aliphatic rings. The molecule has 0 saturated heterocycles. The van der Waals surface area contributed by atoms with Crippen molar-refractivity contribution in [2.75, 3.05) is 6.61 Å². The molecule has 1 heterocycles. The molecule has 4 rings (SSSR count). The summed E-state index contributed by atoms with van der Waals surface area (Å²) < 4.78 is 52.5. The molecule has 4 aromatic rings. The van der Waals surface area contributed by atoms with Crippen LogP contribution in [0.25, 0.3) is 5.57 Å². The summed E-state index contributed by atoms with van der Waals surface area (Å²) >= 11 is 0. The zero-order chi connectivity index (χ0) is 29.4. The van der Waals surface area contributed by atoms with Gasteiger partial charge in [-0.15, -0.1) is 0 Å². The number of rotatable bonds is 9. The van der Waals surface area contributed by atoms with Crippen molar-refractivity contribution >= 4 is 11.5 Å². The van der Waals surface area contributed by atoms with Crippen LogP contribution < -0.4 is 9.47 Å². The minimum Gasteiger partial charge on any atom is -0.489 e. The second-order valence-electron chi connectivity index (χ2n) is 9.11. The van der Waals surface area contributed by atoms with Crippen LogP contribution in [0.1, 0.15) is 34.7 Å². The van der Waals surface area contributed by atoms with Crippen LogP contribution in [0, 0.1) is 18.8 Å². The van der Waals surface area contributed by atoms with Crippen LogP contribution in [-0.4, -0.2) is 33.6 Å². The second kappa shape index (κ2) is 12.9. The highest BCUT2D eigenvalue weighted by Gasteiger charge is 2.30. The number of hydrogen-bond acceptors (Lipinski definition) is 4. The first-order valence-electron chi connectivity index (χ1n) is 12.7. The van der Waals surface area contributed by atoms with Gasteiger partial charge in [-0.05, 0) is 90.7 Å². The van der Waals surface area contributed by atoms with E-state index in [0.29, 0.717) is 34.7 Å². The van der Waals surface area contributed by atoms with Gasteiger partial charge in [0.15, 0.2) is 6.10 Å². The van der Waals surface area contributed by atoms with E-state index < -0.39 is 23.8 Å². The van der Waals surface area contributed by atoms with E-state index in [4.69, 9.17) is 14.6 Å². The van der Waals surface area contributed by atoms with E-state index >= 15 is 0 Å². The number of benzene rings is 3. The Bertz CT molecular complexity index is 1560. The van der Waals surface area contributed by atoms with E-state index in [2.05, 4.69) is 16.9 Å². The molecular formula is C32H27F3N2O4. The van der Waals surface area contributed by atoms with E-state index in [0.717, 1.165) is 23.3 Å². The topological polar surface area (TPSA) is 73.6 Å². The second-order valence-corrected chi connectivity index (χ2v) is 9.11. The number of alkyl halides is 3. The van der Waals surface area contributed by atoms with Gasteiger partial charge in [-0.25, -0.2) is 4.79 Å². The molecule has 0 saturated carbocycles. The molecule has 0 bridgehead atoms. The minimum atomic E-state index is -4.43. The van der Waals surface area contributed by atoms with Crippen molar-refractivity contribution in [3.63, 3.8) is 0 Å². The monoisotopic (exact) mass is 560 g/mol. The first kappa shape index (κ1) is 29.0. The van der Waals surface area contributed by atoms with E-state index in [9.17, 15) is 18.0 Å². The van der Waals surface area contributed by atoms with E-state index in [1.807, 2.05) is 36.5 Å². The molecule has 0 amide bonds. The maximum atomic E-state index is 13.1. The molecule has 0 aliphatic heterocycles. The maximum absolute atomic E-state index is 13.1. The summed E-state index contributed by atoms with van der Waals surface area (Å²) in [6.45, 7) is 3.81. The summed E-state index contributed by atoms with van der Waals surface area (Å²) in [5.41, 5.74) is 2.84. The number of carbonyl (C=O) groups is 1. The van der Waals surface area contributed by atoms with Crippen molar-refractivity contribution in [3.05, 3.63) is 119 Å². The fraction of sp³-hybridized carbons (Fsp3) is 0.188. The van der Waals surface area contributed by atoms with Crippen LogP contribution in [-0.2, 0) is 17.5 Å². The molecule has 41 heavy (non-hydrogen) atoms. The molecule has 9 heteroatoms. The number of carboxylic acids is 1. The van der Waals surface area contributed by atoms with Gasteiger partial charge < -0.3 is 14.6 Å². The highest BCUT2D eigenvalue weighted by Crippen LogP contribution is 2.32. The quantitative estimate of drug-likeness (QED) is 0.233. The fourth-order valence-corrected chi connectivity index (χ4v) is 3.90. The highest BCUT2D eigenvalue weighted by atomic mass is 19.4. The van der Waals surface area contributed by atoms with Crippen LogP contribution in [0.2, 0.25) is 0 Å². The molecule has 3 aromatic carbocycles. The Morgan fingerprint density at radius 3 is 2.34 bits per heavy atom. The number of aryl methyl sites for hydroxylation is 1. The lowest BCUT2D eigenvalue weighted by Crippen LogP contribution is -2.23. The standard InChI is InChI=1S/C32H27F3N2O4/c1-22-21-28(14-15-30(22)41-23(2)31(38)39)40-20-16-29(26-10-12-27(13-11-26)32(33,34)35)25-8-6-24(7-9-25)5-3-18-37-19-4-17-36-37/h4,6-17,19,21,23H,18,20H2,1-2H3,(H,38,39)/b29-16+. The predicted molar refractivity (Wildman–Crippen MR) is 148 cm³/mol. The summed E-state index contributed by atoms with van der Waals surface area (Å²) in [6.07, 6.45) is -0.123. The molecular weight excluding hydrogens is 533 g/mol. The lowest BCUT2D eigenvalue weighted by atomic mass is 9.96. The van der Waals surface area contributed by atoms with Gasteiger partial charge in [0.25, 0.3) is 0 Å². The van der Waals surface area contributed by atoms with Gasteiger partial charge in [0.05, 0.1) is 5.56 Å². The molecule has 6 nitrogen and oxygen atoms in total. The highest BCUT2D eigenvalue weighted by molar-refractivity contribution is 5.80. The third-order valence-corrected chi connectivity index (χ3v) is 6.09. The lowest BCUT2D eigenvalue weighted by molar-refractivity contribution is -0.144. The molecule has 0 radical (unpaired) electrons. The number of nitrogens with zero attached hydrogens (tertiary/aromatic N) is 2. The Kier molecular flexibility index (Phi) is 9.15. The fourth-order valence-electron chi connectivity index (χ4n) is 3.90. The third-order valence-electron chi connectivity index (χ3n) is 6.09. The summed E-state index contributed by atoms with van der Waals surface area (Å²) in [5, 5.41) is 13.2. The van der Waals surface area contributed by atoms with Crippen molar-refractivity contribution in [2.24, 2.45) is 0 Å². The largest absolute Gasteiger partial charge is 0.489 e. The third kappa shape index (κ3) is 8.02. The molecule has 210 valence electrons. The van der Waals surface area contributed by atoms with Crippen LogP contribution in [0.5, 0.6) is 11.5 Å². The number of carboxylic acid groups (broad SMARTS) is 1. The van der Waals surface area contributed by atoms with Gasteiger partial charge in [-0.2, -0.15) is 18.3 Å². The van der Waals surface area contributed by atoms with Crippen molar-refractivity contribution < 1.29 is 32.5 Å². The number of ether oxygens (including phenoxy) is 2. The lowest BCUT2D eigenvalue weighted by Gasteiger charge is -2.14. The van der Waals surface area contributed by atoms with Gasteiger partial charge >= 0.3 is 12.1 Å². The molecule has 0 fully saturated rings. The Morgan fingerprint density at radius 1 is 1.07 bits per heavy atom. The van der Waals surface area contributed by atoms with Gasteiger partial charge in [-0.1, -0.05) is 36.1 Å². The first-order chi connectivity index (χ1) is 19.6. The average Bonchev–Trinajstić information content (AvgIpc) is 3.46. The molecule has 0 spiro atoms. The van der Waals surface area contributed by atoms with Crippen molar-refractivity contribution in [1.82, 2.24) is 9.78 Å². The predicted octanol–water partition coefficient (Wildman–Crippen LogP) is 6.62. The number of aromatic nitrogens is 2. The van der Waals surface area contributed by atoms with Crippen LogP contribution in [0.4, 0.5) is 13.2 Å². The van der Waals surface area contributed by atoms with Crippen molar-refractivity contribution in [3.8, 4) is 23.3 Å². The van der Waals surface area contributed by atoms with Gasteiger partial charge in [0.1, 0.15) is 24.7 Å².